The van der Waals surface area contributed by atoms with Crippen LogP contribution in [0.2, 0.25) is 0 Å². The molecule has 0 spiro atoms. The number of aryl methyl sites for hydroxylation is 1. The van der Waals surface area contributed by atoms with Gasteiger partial charge >= 0.3 is 0 Å². The molecule has 0 aromatic heterocycles. The van der Waals surface area contributed by atoms with Crippen molar-refractivity contribution in [1.82, 2.24) is 4.90 Å². The molecule has 1 fully saturated rings. The molecule has 1 saturated heterocycles. The van der Waals surface area contributed by atoms with Crippen LogP contribution in [0.5, 0.6) is 0 Å². The van der Waals surface area contributed by atoms with E-state index in [0.717, 1.165) is 28.6 Å². The third-order valence-electron chi connectivity index (χ3n) is 2.77. The number of hydrogen-bond donors (Lipinski definition) is 0. The predicted molar refractivity (Wildman–Crippen MR) is 69.0 cm³/mol. The van der Waals surface area contributed by atoms with Crippen LogP contribution >= 0.6 is 27.5 Å². The Morgan fingerprint density at radius 1 is 1.56 bits per heavy atom. The topological polar surface area (TPSA) is 20.3 Å². The number of likely N-dealkylation sites (tertiary alicyclic amines) is 1. The van der Waals surface area contributed by atoms with Crippen molar-refractivity contribution in [3.63, 3.8) is 0 Å². The van der Waals surface area contributed by atoms with Gasteiger partial charge in [-0.2, -0.15) is 0 Å². The van der Waals surface area contributed by atoms with Gasteiger partial charge in [-0.1, -0.05) is 6.07 Å². The lowest BCUT2D eigenvalue weighted by atomic mass is 10.1. The number of halogens is 2. The van der Waals surface area contributed by atoms with Crippen LogP contribution in [0.15, 0.2) is 22.7 Å². The molecule has 0 radical (unpaired) electrons. The maximum Gasteiger partial charge on any atom is 0.255 e. The van der Waals surface area contributed by atoms with Crippen LogP contribution in [0.1, 0.15) is 22.3 Å². The van der Waals surface area contributed by atoms with Crippen LogP contribution < -0.4 is 0 Å². The lowest BCUT2D eigenvalue weighted by Gasteiger charge is -2.16. The molecule has 1 amide bonds. The van der Waals surface area contributed by atoms with Gasteiger partial charge in [-0.25, -0.2) is 0 Å². The Morgan fingerprint density at radius 2 is 2.31 bits per heavy atom. The van der Waals surface area contributed by atoms with Crippen LogP contribution in [0.4, 0.5) is 0 Å². The van der Waals surface area contributed by atoms with Gasteiger partial charge in [0.2, 0.25) is 0 Å². The SMILES string of the molecule is Cc1ccc(C(=O)N2CCC(Cl)C2)c(Br)c1. The first-order valence-electron chi connectivity index (χ1n) is 5.27. The molecular weight excluding hydrogens is 289 g/mol. The van der Waals surface area contributed by atoms with Gasteiger partial charge in [0.15, 0.2) is 0 Å². The van der Waals surface area contributed by atoms with Gasteiger partial charge < -0.3 is 4.90 Å². The van der Waals surface area contributed by atoms with Gasteiger partial charge in [0.05, 0.1) is 10.9 Å². The molecule has 16 heavy (non-hydrogen) atoms. The van der Waals surface area contributed by atoms with Crippen molar-refractivity contribution in [1.29, 1.82) is 0 Å². The molecule has 0 aliphatic carbocycles. The summed E-state index contributed by atoms with van der Waals surface area (Å²) in [5, 5.41) is 0.105. The highest BCUT2D eigenvalue weighted by atomic mass is 79.9. The van der Waals surface area contributed by atoms with E-state index in [-0.39, 0.29) is 11.3 Å². The highest BCUT2D eigenvalue weighted by molar-refractivity contribution is 9.10. The number of carbonyl (C=O) groups excluding carboxylic acids is 1. The van der Waals surface area contributed by atoms with Crippen molar-refractivity contribution in [3.8, 4) is 0 Å². The molecule has 1 heterocycles. The van der Waals surface area contributed by atoms with Crippen molar-refractivity contribution in [3.05, 3.63) is 33.8 Å². The fourth-order valence-corrected chi connectivity index (χ4v) is 2.79. The normalized spacial score (nSPS) is 20.2. The number of nitrogens with zero attached hydrogens (tertiary/aromatic N) is 1. The predicted octanol–water partition coefficient (Wildman–Crippen LogP) is 3.21. The molecule has 2 nitrogen and oxygen atoms in total. The Balaban J connectivity index is 2.21. The molecule has 1 atom stereocenters. The van der Waals surface area contributed by atoms with Crippen LogP contribution in [-0.4, -0.2) is 29.3 Å². The first-order chi connectivity index (χ1) is 7.58. The summed E-state index contributed by atoms with van der Waals surface area (Å²) in [6, 6.07) is 5.77. The fourth-order valence-electron chi connectivity index (χ4n) is 1.87. The Morgan fingerprint density at radius 3 is 2.88 bits per heavy atom. The zero-order valence-corrected chi connectivity index (χ0v) is 11.4. The smallest absolute Gasteiger partial charge is 0.255 e. The van der Waals surface area contributed by atoms with Crippen LogP contribution in [-0.2, 0) is 0 Å². The summed E-state index contributed by atoms with van der Waals surface area (Å²) in [6.07, 6.45) is 0.886. The molecule has 2 rings (SSSR count). The van der Waals surface area contributed by atoms with E-state index in [2.05, 4.69) is 15.9 Å². The van der Waals surface area contributed by atoms with Crippen LogP contribution in [0.25, 0.3) is 0 Å². The van der Waals surface area contributed by atoms with Crippen molar-refractivity contribution in [2.45, 2.75) is 18.7 Å². The molecule has 4 heteroatoms. The van der Waals surface area contributed by atoms with E-state index in [1.165, 1.54) is 0 Å². The number of carbonyl (C=O) groups is 1. The molecule has 1 aromatic rings. The lowest BCUT2D eigenvalue weighted by molar-refractivity contribution is 0.0792. The second-order valence-corrected chi connectivity index (χ2v) is 5.59. The van der Waals surface area contributed by atoms with Crippen molar-refractivity contribution in [2.75, 3.05) is 13.1 Å². The molecule has 1 unspecified atom stereocenters. The number of rotatable bonds is 1. The molecule has 86 valence electrons. The Labute approximate surface area is 109 Å². The molecule has 1 aromatic carbocycles. The van der Waals surface area contributed by atoms with E-state index in [4.69, 9.17) is 11.6 Å². The summed E-state index contributed by atoms with van der Waals surface area (Å²) in [5.41, 5.74) is 1.86. The largest absolute Gasteiger partial charge is 0.337 e. The van der Waals surface area contributed by atoms with Crippen molar-refractivity contribution in [2.24, 2.45) is 0 Å². The van der Waals surface area contributed by atoms with Crippen molar-refractivity contribution < 1.29 is 4.79 Å². The van der Waals surface area contributed by atoms with E-state index in [9.17, 15) is 4.79 Å². The third-order valence-corrected chi connectivity index (χ3v) is 3.79. The third kappa shape index (κ3) is 2.41. The maximum atomic E-state index is 12.2. The van der Waals surface area contributed by atoms with Gasteiger partial charge in [-0.15, -0.1) is 11.6 Å². The second-order valence-electron chi connectivity index (χ2n) is 4.12. The van der Waals surface area contributed by atoms with Gasteiger partial charge in [0.25, 0.3) is 5.91 Å². The molecule has 0 bridgehead atoms. The number of hydrogen-bond acceptors (Lipinski definition) is 1. The Bertz CT molecular complexity index is 421. The highest BCUT2D eigenvalue weighted by Gasteiger charge is 2.26. The standard InChI is InChI=1S/C12H13BrClNO/c1-8-2-3-10(11(13)6-8)12(16)15-5-4-9(14)7-15/h2-3,6,9H,4-5,7H2,1H3. The molecular formula is C12H13BrClNO. The average Bonchev–Trinajstić information content (AvgIpc) is 2.64. The first kappa shape index (κ1) is 11.9. The highest BCUT2D eigenvalue weighted by Crippen LogP contribution is 2.23. The van der Waals surface area contributed by atoms with E-state index in [1.807, 2.05) is 30.0 Å². The summed E-state index contributed by atoms with van der Waals surface area (Å²) in [5.74, 6) is 0.0648. The van der Waals surface area contributed by atoms with Gasteiger partial charge in [0.1, 0.15) is 0 Å². The molecule has 1 aliphatic rings. The van der Waals surface area contributed by atoms with Gasteiger partial charge in [-0.3, -0.25) is 4.79 Å². The fraction of sp³-hybridized carbons (Fsp3) is 0.417. The quantitative estimate of drug-likeness (QED) is 0.730. The van der Waals surface area contributed by atoms with E-state index in [0.29, 0.717) is 6.54 Å². The molecule has 1 aliphatic heterocycles. The van der Waals surface area contributed by atoms with Crippen molar-refractivity contribution >= 4 is 33.4 Å². The minimum absolute atomic E-state index is 0.0648. The summed E-state index contributed by atoms with van der Waals surface area (Å²) in [7, 11) is 0. The zero-order chi connectivity index (χ0) is 11.7. The summed E-state index contributed by atoms with van der Waals surface area (Å²) < 4.78 is 0.857. The van der Waals surface area contributed by atoms with E-state index < -0.39 is 0 Å². The van der Waals surface area contributed by atoms with Crippen LogP contribution in [0.3, 0.4) is 0 Å². The lowest BCUT2D eigenvalue weighted by Crippen LogP contribution is -2.29. The number of amides is 1. The summed E-state index contributed by atoms with van der Waals surface area (Å²) in [6.45, 7) is 3.41. The minimum atomic E-state index is 0.0648. The maximum absolute atomic E-state index is 12.2. The second kappa shape index (κ2) is 4.76. The van der Waals surface area contributed by atoms with E-state index >= 15 is 0 Å². The number of alkyl halides is 1. The Kier molecular flexibility index (Phi) is 3.55. The average molecular weight is 303 g/mol. The Hall–Kier alpha value is -0.540. The molecule has 0 saturated carbocycles. The van der Waals surface area contributed by atoms with Crippen LogP contribution in [0, 0.1) is 6.92 Å². The van der Waals surface area contributed by atoms with Gasteiger partial charge in [0, 0.05) is 17.6 Å². The summed E-state index contributed by atoms with van der Waals surface area (Å²) >= 11 is 9.43. The minimum Gasteiger partial charge on any atom is -0.337 e. The monoisotopic (exact) mass is 301 g/mol. The summed E-state index contributed by atoms with van der Waals surface area (Å²) in [4.78, 5) is 14.0. The van der Waals surface area contributed by atoms with Gasteiger partial charge in [-0.05, 0) is 47.0 Å². The van der Waals surface area contributed by atoms with E-state index in [1.54, 1.807) is 0 Å². The zero-order valence-electron chi connectivity index (χ0n) is 9.04. The molecule has 0 N–H and O–H groups in total. The number of benzene rings is 1. The first-order valence-corrected chi connectivity index (χ1v) is 6.50.